The summed E-state index contributed by atoms with van der Waals surface area (Å²) in [5.41, 5.74) is 0. The number of hydrogen-bond donors (Lipinski definition) is 2. The summed E-state index contributed by atoms with van der Waals surface area (Å²) in [5, 5.41) is 12.3. The van der Waals surface area contributed by atoms with Crippen LogP contribution < -0.4 is 5.32 Å². The summed E-state index contributed by atoms with van der Waals surface area (Å²) in [6.45, 7) is 12.7. The molecule has 0 unspecified atom stereocenters. The molecule has 1 atom stereocenters. The number of aliphatic hydroxyl groups excluding tert-OH is 1. The van der Waals surface area contributed by atoms with Gasteiger partial charge >= 0.3 is 0 Å². The molecule has 2 nitrogen and oxygen atoms in total. The lowest BCUT2D eigenvalue weighted by molar-refractivity contribution is 0.186. The normalized spacial score (nSPS) is 12.2. The quantitative estimate of drug-likeness (QED) is 0.628. The average Bonchev–Trinajstić information content (AvgIpc) is 2.15. The number of rotatable bonds is 6. The van der Waals surface area contributed by atoms with E-state index in [2.05, 4.69) is 26.1 Å². The second-order valence-corrected chi connectivity index (χ2v) is 3.39. The van der Waals surface area contributed by atoms with Gasteiger partial charge in [-0.15, -0.1) is 0 Å². The third-order valence-corrected chi connectivity index (χ3v) is 2.01. The van der Waals surface area contributed by atoms with E-state index in [0.717, 1.165) is 19.5 Å². The van der Waals surface area contributed by atoms with E-state index in [1.807, 2.05) is 13.8 Å². The minimum atomic E-state index is 0.300. The van der Waals surface area contributed by atoms with Gasteiger partial charge in [-0.05, 0) is 24.8 Å². The smallest absolute Gasteiger partial charge is 0.0473 e. The maximum Gasteiger partial charge on any atom is 0.0473 e. The first-order valence-corrected chi connectivity index (χ1v) is 5.53. The topological polar surface area (TPSA) is 32.3 Å². The Morgan fingerprint density at radius 1 is 1.23 bits per heavy atom. The molecule has 0 aromatic heterocycles. The average molecular weight is 189 g/mol. The van der Waals surface area contributed by atoms with Crippen LogP contribution in [0.15, 0.2) is 0 Å². The van der Waals surface area contributed by atoms with Crippen molar-refractivity contribution in [3.63, 3.8) is 0 Å². The Labute approximate surface area is 83.7 Å². The van der Waals surface area contributed by atoms with E-state index in [1.54, 1.807) is 0 Å². The second-order valence-electron chi connectivity index (χ2n) is 3.39. The van der Waals surface area contributed by atoms with Crippen LogP contribution in [-0.2, 0) is 0 Å². The van der Waals surface area contributed by atoms with E-state index in [-0.39, 0.29) is 0 Å². The van der Waals surface area contributed by atoms with Crippen LogP contribution in [0, 0.1) is 11.8 Å². The lowest BCUT2D eigenvalue weighted by Gasteiger charge is -2.18. The van der Waals surface area contributed by atoms with Crippen molar-refractivity contribution < 1.29 is 5.11 Å². The second kappa shape index (κ2) is 11.9. The summed E-state index contributed by atoms with van der Waals surface area (Å²) in [6.07, 6.45) is 1.16. The lowest BCUT2D eigenvalue weighted by Crippen LogP contribution is -2.29. The summed E-state index contributed by atoms with van der Waals surface area (Å²) in [5.74, 6) is 0.992. The highest BCUT2D eigenvalue weighted by Gasteiger charge is 2.10. The summed E-state index contributed by atoms with van der Waals surface area (Å²) in [4.78, 5) is 0. The van der Waals surface area contributed by atoms with E-state index in [0.29, 0.717) is 18.4 Å². The van der Waals surface area contributed by atoms with Crippen molar-refractivity contribution in [1.82, 2.24) is 5.32 Å². The Kier molecular flexibility index (Phi) is 14.1. The van der Waals surface area contributed by atoms with Gasteiger partial charge in [-0.2, -0.15) is 0 Å². The third kappa shape index (κ3) is 9.84. The molecule has 0 rings (SSSR count). The zero-order valence-corrected chi connectivity index (χ0v) is 9.93. The molecule has 0 saturated carbocycles. The van der Waals surface area contributed by atoms with Crippen LogP contribution >= 0.6 is 0 Å². The molecule has 0 aliphatic heterocycles. The minimum absolute atomic E-state index is 0.300. The fourth-order valence-electron chi connectivity index (χ4n) is 0.975. The van der Waals surface area contributed by atoms with Crippen LogP contribution in [0.1, 0.15) is 41.0 Å². The van der Waals surface area contributed by atoms with Gasteiger partial charge in [0.25, 0.3) is 0 Å². The molecule has 82 valence electrons. The van der Waals surface area contributed by atoms with Gasteiger partial charge in [0.2, 0.25) is 0 Å². The molecule has 0 heterocycles. The highest BCUT2D eigenvalue weighted by molar-refractivity contribution is 4.64. The van der Waals surface area contributed by atoms with Crippen molar-refractivity contribution in [3.05, 3.63) is 0 Å². The number of hydrogen-bond acceptors (Lipinski definition) is 2. The maximum absolute atomic E-state index is 8.96. The summed E-state index contributed by atoms with van der Waals surface area (Å²) in [7, 11) is 0. The van der Waals surface area contributed by atoms with Crippen molar-refractivity contribution in [1.29, 1.82) is 0 Å². The standard InChI is InChI=1S/C9H21NO.C2H6/c1-4-5-10-6-9(7-11)8(2)3;1-2/h8-11H,4-7H2,1-3H3;1-2H3/t9-;/m1./s1. The molecule has 2 heteroatoms. The molecule has 0 spiro atoms. The Balaban J connectivity index is 0. The lowest BCUT2D eigenvalue weighted by atomic mass is 9.97. The molecule has 2 N–H and O–H groups in total. The van der Waals surface area contributed by atoms with Crippen LogP contribution in [0.4, 0.5) is 0 Å². The third-order valence-electron chi connectivity index (χ3n) is 2.01. The van der Waals surface area contributed by atoms with Crippen molar-refractivity contribution in [2.24, 2.45) is 11.8 Å². The predicted octanol–water partition coefficient (Wildman–Crippen LogP) is 2.28. The van der Waals surface area contributed by atoms with Crippen molar-refractivity contribution in [2.75, 3.05) is 19.7 Å². The molecule has 0 fully saturated rings. The van der Waals surface area contributed by atoms with E-state index < -0.39 is 0 Å². The Morgan fingerprint density at radius 3 is 2.08 bits per heavy atom. The Bertz CT molecular complexity index is 84.2. The molecular formula is C11H27NO. The molecule has 0 aliphatic carbocycles. The monoisotopic (exact) mass is 189 g/mol. The fraction of sp³-hybridized carbons (Fsp3) is 1.00. The summed E-state index contributed by atoms with van der Waals surface area (Å²) < 4.78 is 0. The van der Waals surface area contributed by atoms with Crippen molar-refractivity contribution in [3.8, 4) is 0 Å². The first-order valence-electron chi connectivity index (χ1n) is 5.53. The minimum Gasteiger partial charge on any atom is -0.396 e. The summed E-state index contributed by atoms with van der Waals surface area (Å²) >= 11 is 0. The highest BCUT2D eigenvalue weighted by Crippen LogP contribution is 2.07. The van der Waals surface area contributed by atoms with Crippen LogP contribution in [0.2, 0.25) is 0 Å². The van der Waals surface area contributed by atoms with Crippen molar-refractivity contribution >= 4 is 0 Å². The Hall–Kier alpha value is -0.0800. The molecule has 0 radical (unpaired) electrons. The van der Waals surface area contributed by atoms with Gasteiger partial charge in [0.1, 0.15) is 0 Å². The van der Waals surface area contributed by atoms with Gasteiger partial charge in [0.15, 0.2) is 0 Å². The van der Waals surface area contributed by atoms with Crippen LogP contribution in [-0.4, -0.2) is 24.8 Å². The van der Waals surface area contributed by atoms with Crippen molar-refractivity contribution in [2.45, 2.75) is 41.0 Å². The van der Waals surface area contributed by atoms with Gasteiger partial charge in [0, 0.05) is 13.2 Å². The van der Waals surface area contributed by atoms with E-state index in [1.165, 1.54) is 0 Å². The molecule has 0 bridgehead atoms. The Morgan fingerprint density at radius 2 is 1.77 bits per heavy atom. The van der Waals surface area contributed by atoms with Gasteiger partial charge in [-0.1, -0.05) is 34.6 Å². The first kappa shape index (κ1) is 15.4. The first-order chi connectivity index (χ1) is 6.22. The summed E-state index contributed by atoms with van der Waals surface area (Å²) in [6, 6.07) is 0. The van der Waals surface area contributed by atoms with Gasteiger partial charge < -0.3 is 10.4 Å². The van der Waals surface area contributed by atoms with E-state index in [4.69, 9.17) is 5.11 Å². The zero-order valence-electron chi connectivity index (χ0n) is 9.93. The molecule has 13 heavy (non-hydrogen) atoms. The van der Waals surface area contributed by atoms with Gasteiger partial charge in [-0.3, -0.25) is 0 Å². The SMILES string of the molecule is CC.CCCNC[C@H](CO)C(C)C. The number of nitrogens with one attached hydrogen (secondary N) is 1. The number of aliphatic hydroxyl groups is 1. The predicted molar refractivity (Wildman–Crippen MR) is 59.9 cm³/mol. The maximum atomic E-state index is 8.96. The fourth-order valence-corrected chi connectivity index (χ4v) is 0.975. The van der Waals surface area contributed by atoms with Crippen LogP contribution in [0.25, 0.3) is 0 Å². The van der Waals surface area contributed by atoms with Crippen LogP contribution in [0.3, 0.4) is 0 Å². The molecule has 0 aromatic carbocycles. The largest absolute Gasteiger partial charge is 0.396 e. The molecular weight excluding hydrogens is 162 g/mol. The van der Waals surface area contributed by atoms with E-state index in [9.17, 15) is 0 Å². The van der Waals surface area contributed by atoms with Gasteiger partial charge in [-0.25, -0.2) is 0 Å². The van der Waals surface area contributed by atoms with Crippen LogP contribution in [0.5, 0.6) is 0 Å². The highest BCUT2D eigenvalue weighted by atomic mass is 16.3. The molecule has 0 aliphatic rings. The van der Waals surface area contributed by atoms with Gasteiger partial charge in [0.05, 0.1) is 0 Å². The molecule has 0 aromatic rings. The molecule has 0 saturated heterocycles. The van der Waals surface area contributed by atoms with E-state index >= 15 is 0 Å². The molecule has 0 amide bonds. The zero-order chi connectivity index (χ0) is 10.7.